The number of methoxy groups -OCH3 is 2. The summed E-state index contributed by atoms with van der Waals surface area (Å²) in [7, 11) is 2.97. The number of carbonyl (C=O) groups excluding carboxylic acids is 2. The predicted molar refractivity (Wildman–Crippen MR) is 101 cm³/mol. The van der Waals surface area contributed by atoms with E-state index in [1.807, 2.05) is 0 Å². The van der Waals surface area contributed by atoms with Gasteiger partial charge >= 0.3 is 5.97 Å². The molecule has 2 aromatic carbocycles. The fourth-order valence-electron chi connectivity index (χ4n) is 3.75. The lowest BCUT2D eigenvalue weighted by atomic mass is 9.79. The number of hydrogen-bond donors (Lipinski definition) is 0. The minimum absolute atomic E-state index is 0.308. The Morgan fingerprint density at radius 1 is 1.04 bits per heavy atom. The van der Waals surface area contributed by atoms with Gasteiger partial charge in [0.15, 0.2) is 6.61 Å². The lowest BCUT2D eigenvalue weighted by Crippen LogP contribution is -2.36. The highest BCUT2D eigenvalue weighted by Gasteiger charge is 2.44. The zero-order valence-electron chi connectivity index (χ0n) is 16.0. The molecule has 0 aromatic heterocycles. The van der Waals surface area contributed by atoms with Gasteiger partial charge in [0.25, 0.3) is 0 Å². The summed E-state index contributed by atoms with van der Waals surface area (Å²) in [5.41, 5.74) is 0.0126. The molecule has 2 aromatic rings. The van der Waals surface area contributed by atoms with Crippen LogP contribution in [0.5, 0.6) is 11.5 Å². The second kappa shape index (κ2) is 8.42. The molecule has 0 spiro atoms. The number of Topliss-reactive ketones (excluding diaryl/α,β-unsaturated/α-hetero) is 1. The van der Waals surface area contributed by atoms with Crippen molar-refractivity contribution < 1.29 is 28.2 Å². The van der Waals surface area contributed by atoms with Gasteiger partial charge in [-0.25, -0.2) is 4.39 Å². The number of halogens is 1. The second-order valence-electron chi connectivity index (χ2n) is 6.87. The Morgan fingerprint density at radius 2 is 1.79 bits per heavy atom. The van der Waals surface area contributed by atoms with Crippen LogP contribution in [0, 0.1) is 5.82 Å². The third-order valence-electron chi connectivity index (χ3n) is 5.27. The number of ether oxygens (including phenoxy) is 3. The molecule has 1 saturated carbocycles. The van der Waals surface area contributed by atoms with Crippen LogP contribution in [0.3, 0.4) is 0 Å². The van der Waals surface area contributed by atoms with E-state index in [1.54, 1.807) is 30.3 Å². The summed E-state index contributed by atoms with van der Waals surface area (Å²) in [4.78, 5) is 25.5. The molecule has 0 saturated heterocycles. The Bertz CT molecular complexity index is 871. The standard InChI is InChI=1S/C22H23FO5/c1-26-17-8-9-18(20(13-17)27-2)19(24)14-28-21(25)22(10-3-4-11-22)15-6-5-7-16(23)12-15/h5-9,12-13H,3-4,10-11,14H2,1-2H3. The van der Waals surface area contributed by atoms with Crippen molar-refractivity contribution in [3.63, 3.8) is 0 Å². The normalized spacial score (nSPS) is 15.1. The average Bonchev–Trinajstić information content (AvgIpc) is 3.22. The first-order chi connectivity index (χ1) is 13.5. The molecule has 0 amide bonds. The molecule has 0 radical (unpaired) electrons. The fourth-order valence-corrected chi connectivity index (χ4v) is 3.75. The van der Waals surface area contributed by atoms with E-state index in [0.29, 0.717) is 35.5 Å². The smallest absolute Gasteiger partial charge is 0.317 e. The van der Waals surface area contributed by atoms with E-state index in [-0.39, 0.29) is 5.78 Å². The van der Waals surface area contributed by atoms with Crippen LogP contribution in [-0.4, -0.2) is 32.6 Å². The van der Waals surface area contributed by atoms with Gasteiger partial charge in [-0.2, -0.15) is 0 Å². The summed E-state index contributed by atoms with van der Waals surface area (Å²) < 4.78 is 29.5. The van der Waals surface area contributed by atoms with Gasteiger partial charge in [0.2, 0.25) is 5.78 Å². The number of ketones is 1. The number of esters is 1. The summed E-state index contributed by atoms with van der Waals surface area (Å²) in [5.74, 6) is -0.352. The number of rotatable bonds is 7. The SMILES string of the molecule is COc1ccc(C(=O)COC(=O)C2(c3cccc(F)c3)CCCC2)c(OC)c1. The maximum Gasteiger partial charge on any atom is 0.317 e. The number of carbonyl (C=O) groups is 2. The van der Waals surface area contributed by atoms with Gasteiger partial charge in [-0.05, 0) is 42.7 Å². The van der Waals surface area contributed by atoms with Gasteiger partial charge in [0.05, 0.1) is 25.2 Å². The van der Waals surface area contributed by atoms with Crippen LogP contribution in [0.2, 0.25) is 0 Å². The molecule has 1 aliphatic carbocycles. The molecular weight excluding hydrogens is 363 g/mol. The van der Waals surface area contributed by atoms with Crippen molar-refractivity contribution in [1.82, 2.24) is 0 Å². The molecule has 1 fully saturated rings. The minimum atomic E-state index is -0.896. The highest BCUT2D eigenvalue weighted by molar-refractivity contribution is 6.01. The quantitative estimate of drug-likeness (QED) is 0.530. The van der Waals surface area contributed by atoms with Gasteiger partial charge in [0.1, 0.15) is 17.3 Å². The molecule has 0 aliphatic heterocycles. The highest BCUT2D eigenvalue weighted by Crippen LogP contribution is 2.42. The van der Waals surface area contributed by atoms with Crippen molar-refractivity contribution in [1.29, 1.82) is 0 Å². The van der Waals surface area contributed by atoms with E-state index in [9.17, 15) is 14.0 Å². The van der Waals surface area contributed by atoms with Crippen LogP contribution in [-0.2, 0) is 14.9 Å². The molecule has 0 N–H and O–H groups in total. The van der Waals surface area contributed by atoms with E-state index in [4.69, 9.17) is 14.2 Å². The van der Waals surface area contributed by atoms with E-state index in [0.717, 1.165) is 12.8 Å². The molecule has 0 unspecified atom stereocenters. The Kier molecular flexibility index (Phi) is 5.97. The van der Waals surface area contributed by atoms with Crippen LogP contribution < -0.4 is 9.47 Å². The maximum absolute atomic E-state index is 13.7. The summed E-state index contributed by atoms with van der Waals surface area (Å²) in [6.07, 6.45) is 2.86. The van der Waals surface area contributed by atoms with Gasteiger partial charge < -0.3 is 14.2 Å². The average molecular weight is 386 g/mol. The lowest BCUT2D eigenvalue weighted by Gasteiger charge is -2.27. The molecule has 3 rings (SSSR count). The topological polar surface area (TPSA) is 61.8 Å². The molecule has 0 bridgehead atoms. The molecule has 148 valence electrons. The third kappa shape index (κ3) is 3.86. The Labute approximate surface area is 163 Å². The van der Waals surface area contributed by atoms with Crippen LogP contribution in [0.15, 0.2) is 42.5 Å². The Morgan fingerprint density at radius 3 is 2.43 bits per heavy atom. The zero-order valence-corrected chi connectivity index (χ0v) is 16.0. The summed E-state index contributed by atoms with van der Waals surface area (Å²) in [5, 5.41) is 0. The molecule has 5 nitrogen and oxygen atoms in total. The summed E-state index contributed by atoms with van der Waals surface area (Å²) >= 11 is 0. The van der Waals surface area contributed by atoms with Crippen molar-refractivity contribution in [2.24, 2.45) is 0 Å². The van der Waals surface area contributed by atoms with Crippen molar-refractivity contribution in [2.45, 2.75) is 31.1 Å². The summed E-state index contributed by atoms with van der Waals surface area (Å²) in [6, 6.07) is 10.9. The third-order valence-corrected chi connectivity index (χ3v) is 5.27. The molecule has 0 heterocycles. The molecule has 1 aliphatic rings. The molecule has 28 heavy (non-hydrogen) atoms. The number of hydrogen-bond acceptors (Lipinski definition) is 5. The number of benzene rings is 2. The molecular formula is C22H23FO5. The first-order valence-electron chi connectivity index (χ1n) is 9.18. The molecule has 0 atom stereocenters. The zero-order chi connectivity index (χ0) is 20.1. The van der Waals surface area contributed by atoms with Gasteiger partial charge in [-0.15, -0.1) is 0 Å². The van der Waals surface area contributed by atoms with E-state index < -0.39 is 23.8 Å². The first kappa shape index (κ1) is 19.9. The lowest BCUT2D eigenvalue weighted by molar-refractivity contribution is -0.149. The van der Waals surface area contributed by atoms with Crippen LogP contribution >= 0.6 is 0 Å². The Balaban J connectivity index is 1.76. The van der Waals surface area contributed by atoms with Crippen molar-refractivity contribution >= 4 is 11.8 Å². The van der Waals surface area contributed by atoms with Gasteiger partial charge in [-0.1, -0.05) is 25.0 Å². The van der Waals surface area contributed by atoms with Crippen molar-refractivity contribution in [3.8, 4) is 11.5 Å². The monoisotopic (exact) mass is 386 g/mol. The van der Waals surface area contributed by atoms with E-state index >= 15 is 0 Å². The van der Waals surface area contributed by atoms with Crippen molar-refractivity contribution in [3.05, 3.63) is 59.4 Å². The van der Waals surface area contributed by atoms with E-state index in [2.05, 4.69) is 0 Å². The van der Waals surface area contributed by atoms with E-state index in [1.165, 1.54) is 26.4 Å². The Hall–Kier alpha value is -2.89. The molecule has 6 heteroatoms. The highest BCUT2D eigenvalue weighted by atomic mass is 19.1. The first-order valence-corrected chi connectivity index (χ1v) is 9.18. The minimum Gasteiger partial charge on any atom is -0.497 e. The largest absolute Gasteiger partial charge is 0.497 e. The fraction of sp³-hybridized carbons (Fsp3) is 0.364. The second-order valence-corrected chi connectivity index (χ2v) is 6.87. The predicted octanol–water partition coefficient (Wildman–Crippen LogP) is 4.08. The van der Waals surface area contributed by atoms with Gasteiger partial charge in [-0.3, -0.25) is 9.59 Å². The van der Waals surface area contributed by atoms with Gasteiger partial charge in [0, 0.05) is 6.07 Å². The van der Waals surface area contributed by atoms with Crippen LogP contribution in [0.1, 0.15) is 41.6 Å². The summed E-state index contributed by atoms with van der Waals surface area (Å²) in [6.45, 7) is -0.404. The van der Waals surface area contributed by atoms with Crippen LogP contribution in [0.25, 0.3) is 0 Å². The van der Waals surface area contributed by atoms with Crippen molar-refractivity contribution in [2.75, 3.05) is 20.8 Å². The maximum atomic E-state index is 13.7. The van der Waals surface area contributed by atoms with Crippen LogP contribution in [0.4, 0.5) is 4.39 Å².